The summed E-state index contributed by atoms with van der Waals surface area (Å²) in [5.41, 5.74) is 0.615. The first-order chi connectivity index (χ1) is 9.79. The molecule has 9 heteroatoms. The number of aromatic nitrogens is 4. The van der Waals surface area contributed by atoms with E-state index in [4.69, 9.17) is 5.11 Å². The van der Waals surface area contributed by atoms with Gasteiger partial charge >= 0.3 is 5.97 Å². The minimum atomic E-state index is -3.27. The fourth-order valence-corrected chi connectivity index (χ4v) is 2.50. The largest absolute Gasteiger partial charge is 0.481 e. The fraction of sp³-hybridized carbons (Fsp3) is 0.333. The summed E-state index contributed by atoms with van der Waals surface area (Å²) < 4.78 is 24.2. The third kappa shape index (κ3) is 3.43. The van der Waals surface area contributed by atoms with Crippen molar-refractivity contribution >= 4 is 15.8 Å². The molecule has 1 unspecified atom stereocenters. The zero-order valence-electron chi connectivity index (χ0n) is 11.5. The lowest BCUT2D eigenvalue weighted by atomic mass is 10.2. The molecule has 1 aromatic carbocycles. The third-order valence-electron chi connectivity index (χ3n) is 2.92. The smallest absolute Gasteiger partial charge is 0.305 e. The van der Waals surface area contributed by atoms with Crippen LogP contribution in [0.4, 0.5) is 0 Å². The van der Waals surface area contributed by atoms with E-state index in [-0.39, 0.29) is 11.3 Å². The molecule has 1 atom stereocenters. The molecule has 0 aliphatic rings. The topological polar surface area (TPSA) is 115 Å². The molecule has 2 aromatic rings. The van der Waals surface area contributed by atoms with Crippen molar-refractivity contribution in [2.24, 2.45) is 0 Å². The number of tetrazole rings is 1. The summed E-state index contributed by atoms with van der Waals surface area (Å²) in [5, 5.41) is 20.0. The molecule has 112 valence electrons. The van der Waals surface area contributed by atoms with Crippen molar-refractivity contribution in [3.8, 4) is 11.4 Å². The number of carbonyl (C=O) groups is 1. The van der Waals surface area contributed by atoms with Crippen LogP contribution in [0, 0.1) is 0 Å². The molecule has 2 rings (SSSR count). The maximum Gasteiger partial charge on any atom is 0.305 e. The van der Waals surface area contributed by atoms with Gasteiger partial charge in [-0.1, -0.05) is 0 Å². The van der Waals surface area contributed by atoms with Gasteiger partial charge in [-0.25, -0.2) is 13.1 Å². The second-order valence-corrected chi connectivity index (χ2v) is 6.71. The Balaban J connectivity index is 2.35. The molecule has 1 heterocycles. The van der Waals surface area contributed by atoms with Crippen LogP contribution in [0.3, 0.4) is 0 Å². The van der Waals surface area contributed by atoms with Gasteiger partial charge in [-0.3, -0.25) is 4.79 Å². The Kier molecular flexibility index (Phi) is 4.03. The summed E-state index contributed by atoms with van der Waals surface area (Å²) in [5.74, 6) is -0.555. The highest BCUT2D eigenvalue weighted by Crippen LogP contribution is 2.22. The molecule has 8 nitrogen and oxygen atoms in total. The van der Waals surface area contributed by atoms with Crippen molar-refractivity contribution < 1.29 is 18.3 Å². The highest BCUT2D eigenvalue weighted by atomic mass is 32.2. The summed E-state index contributed by atoms with van der Waals surface area (Å²) >= 11 is 0. The Bertz CT molecular complexity index is 752. The maximum atomic E-state index is 11.4. The predicted molar refractivity (Wildman–Crippen MR) is 73.3 cm³/mol. The molecule has 0 aliphatic carbocycles. The van der Waals surface area contributed by atoms with Crippen molar-refractivity contribution in [1.82, 2.24) is 20.2 Å². The Morgan fingerprint density at radius 3 is 2.48 bits per heavy atom. The van der Waals surface area contributed by atoms with Crippen molar-refractivity contribution in [3.05, 3.63) is 24.3 Å². The van der Waals surface area contributed by atoms with E-state index in [1.165, 1.54) is 16.8 Å². The van der Waals surface area contributed by atoms with E-state index < -0.39 is 21.8 Å². The summed E-state index contributed by atoms with van der Waals surface area (Å²) in [6, 6.07) is 5.69. The van der Waals surface area contributed by atoms with Gasteiger partial charge < -0.3 is 5.11 Å². The van der Waals surface area contributed by atoms with E-state index in [2.05, 4.69) is 15.5 Å². The molecule has 1 N–H and O–H groups in total. The van der Waals surface area contributed by atoms with E-state index in [1.807, 2.05) is 0 Å². The second kappa shape index (κ2) is 5.60. The highest BCUT2D eigenvalue weighted by molar-refractivity contribution is 7.90. The molecule has 0 amide bonds. The zero-order valence-corrected chi connectivity index (χ0v) is 12.3. The molecule has 0 spiro atoms. The summed E-state index contributed by atoms with van der Waals surface area (Å²) in [6.07, 6.45) is 1.01. The van der Waals surface area contributed by atoms with Crippen LogP contribution in [0.5, 0.6) is 0 Å². The van der Waals surface area contributed by atoms with Gasteiger partial charge in [0.2, 0.25) is 0 Å². The minimum Gasteiger partial charge on any atom is -0.481 e. The van der Waals surface area contributed by atoms with Crippen LogP contribution < -0.4 is 0 Å². The van der Waals surface area contributed by atoms with E-state index in [1.54, 1.807) is 19.1 Å². The zero-order chi connectivity index (χ0) is 15.6. The van der Waals surface area contributed by atoms with Crippen LogP contribution >= 0.6 is 0 Å². The Hall–Kier alpha value is -2.29. The Labute approximate surface area is 121 Å². The van der Waals surface area contributed by atoms with Crippen LogP contribution in [0.2, 0.25) is 0 Å². The number of nitrogens with zero attached hydrogens (tertiary/aromatic N) is 4. The molecular formula is C12H14N4O4S. The number of hydrogen-bond acceptors (Lipinski definition) is 6. The van der Waals surface area contributed by atoms with Crippen LogP contribution in [0.25, 0.3) is 11.4 Å². The number of rotatable bonds is 5. The van der Waals surface area contributed by atoms with Gasteiger partial charge in [-0.05, 0) is 41.6 Å². The monoisotopic (exact) mass is 310 g/mol. The van der Waals surface area contributed by atoms with Crippen LogP contribution in [0.15, 0.2) is 29.2 Å². The van der Waals surface area contributed by atoms with Crippen molar-refractivity contribution in [3.63, 3.8) is 0 Å². The predicted octanol–water partition coefficient (Wildman–Crippen LogP) is 0.779. The number of aliphatic carboxylic acids is 1. The minimum absolute atomic E-state index is 0.112. The fourth-order valence-electron chi connectivity index (χ4n) is 1.87. The van der Waals surface area contributed by atoms with Gasteiger partial charge in [0.05, 0.1) is 17.4 Å². The number of hydrogen-bond donors (Lipinski definition) is 1. The molecule has 1 aromatic heterocycles. The normalized spacial score (nSPS) is 13.0. The SMILES string of the molecule is CC(CC(=O)O)n1nnnc1-c1ccc(S(C)(=O)=O)cc1. The molecule has 21 heavy (non-hydrogen) atoms. The maximum absolute atomic E-state index is 11.4. The van der Waals surface area contributed by atoms with Gasteiger partial charge in [-0.15, -0.1) is 5.10 Å². The number of carboxylic acids is 1. The standard InChI is InChI=1S/C12H14N4O4S/c1-8(7-11(17)18)16-12(13-14-15-16)9-3-5-10(6-4-9)21(2,19)20/h3-6,8H,7H2,1-2H3,(H,17,18). The first-order valence-corrected chi connectivity index (χ1v) is 7.98. The number of benzene rings is 1. The van der Waals surface area contributed by atoms with Gasteiger partial charge in [0, 0.05) is 11.8 Å². The Morgan fingerprint density at radius 1 is 1.33 bits per heavy atom. The summed E-state index contributed by atoms with van der Waals surface area (Å²) in [7, 11) is -3.27. The van der Waals surface area contributed by atoms with Gasteiger partial charge in [0.1, 0.15) is 0 Å². The Morgan fingerprint density at radius 2 is 1.95 bits per heavy atom. The number of sulfone groups is 1. The van der Waals surface area contributed by atoms with E-state index in [0.717, 1.165) is 6.26 Å². The molecule has 0 saturated carbocycles. The van der Waals surface area contributed by atoms with Crippen molar-refractivity contribution in [2.75, 3.05) is 6.26 Å². The van der Waals surface area contributed by atoms with Crippen molar-refractivity contribution in [2.45, 2.75) is 24.3 Å². The van der Waals surface area contributed by atoms with E-state index in [9.17, 15) is 13.2 Å². The average molecular weight is 310 g/mol. The third-order valence-corrected chi connectivity index (χ3v) is 4.05. The molecule has 0 fully saturated rings. The lowest BCUT2D eigenvalue weighted by Crippen LogP contribution is -2.13. The van der Waals surface area contributed by atoms with Crippen molar-refractivity contribution in [1.29, 1.82) is 0 Å². The highest BCUT2D eigenvalue weighted by Gasteiger charge is 2.17. The van der Waals surface area contributed by atoms with E-state index in [0.29, 0.717) is 11.4 Å². The average Bonchev–Trinajstić information content (AvgIpc) is 2.86. The molecule has 0 bridgehead atoms. The molecule has 0 saturated heterocycles. The van der Waals surface area contributed by atoms with Gasteiger partial charge in [0.15, 0.2) is 15.7 Å². The van der Waals surface area contributed by atoms with Crippen LogP contribution in [0.1, 0.15) is 19.4 Å². The first-order valence-electron chi connectivity index (χ1n) is 6.09. The molecular weight excluding hydrogens is 296 g/mol. The lowest BCUT2D eigenvalue weighted by molar-refractivity contribution is -0.137. The van der Waals surface area contributed by atoms with Gasteiger partial charge in [0.25, 0.3) is 0 Å². The van der Waals surface area contributed by atoms with E-state index >= 15 is 0 Å². The van der Waals surface area contributed by atoms with Gasteiger partial charge in [-0.2, -0.15) is 0 Å². The second-order valence-electron chi connectivity index (χ2n) is 4.69. The molecule has 0 aliphatic heterocycles. The molecule has 0 radical (unpaired) electrons. The quantitative estimate of drug-likeness (QED) is 0.867. The summed E-state index contributed by atoms with van der Waals surface area (Å²) in [6.45, 7) is 1.69. The van der Waals surface area contributed by atoms with Crippen LogP contribution in [-0.2, 0) is 14.6 Å². The summed E-state index contributed by atoms with van der Waals surface area (Å²) in [4.78, 5) is 11.0. The first kappa shape index (κ1) is 15.1. The number of carboxylic acid groups (broad SMARTS) is 1. The lowest BCUT2D eigenvalue weighted by Gasteiger charge is -2.11. The van der Waals surface area contributed by atoms with Crippen LogP contribution in [-0.4, -0.2) is 46.0 Å².